The van der Waals surface area contributed by atoms with Gasteiger partial charge in [0.1, 0.15) is 0 Å². The Hall–Kier alpha value is -1.37. The molecule has 2 bridgehead atoms. The molecule has 100 valence electrons. The van der Waals surface area contributed by atoms with Gasteiger partial charge in [-0.3, -0.25) is 4.99 Å². The van der Waals surface area contributed by atoms with E-state index in [0.717, 1.165) is 11.8 Å². The van der Waals surface area contributed by atoms with Crippen LogP contribution in [0.2, 0.25) is 0 Å². The number of fused-ring (bicyclic) bond motifs is 1. The van der Waals surface area contributed by atoms with E-state index >= 15 is 0 Å². The Morgan fingerprint density at radius 2 is 2.00 bits per heavy atom. The first-order valence-corrected chi connectivity index (χ1v) is 7.37. The Balaban J connectivity index is 1.72. The molecule has 0 amide bonds. The normalized spacial score (nSPS) is 29.7. The van der Waals surface area contributed by atoms with Crippen molar-refractivity contribution in [1.82, 2.24) is 0 Å². The minimum absolute atomic E-state index is 0.253. The first-order chi connectivity index (χ1) is 9.09. The van der Waals surface area contributed by atoms with Crippen LogP contribution in [0.4, 0.5) is 0 Å². The van der Waals surface area contributed by atoms with E-state index in [0.29, 0.717) is 5.41 Å². The number of hydrogen-bond acceptors (Lipinski definition) is 1. The third-order valence-corrected chi connectivity index (χ3v) is 5.24. The Labute approximate surface area is 116 Å². The van der Waals surface area contributed by atoms with Crippen LogP contribution in [0.3, 0.4) is 0 Å². The molecule has 0 N–H and O–H groups in total. The molecule has 0 saturated heterocycles. The second-order valence-electron chi connectivity index (χ2n) is 6.61. The van der Waals surface area contributed by atoms with Crippen LogP contribution in [0.25, 0.3) is 0 Å². The molecule has 3 atom stereocenters. The minimum atomic E-state index is 0.253. The van der Waals surface area contributed by atoms with Crippen molar-refractivity contribution >= 4 is 6.21 Å². The molecular weight excluding hydrogens is 230 g/mol. The predicted molar refractivity (Wildman–Crippen MR) is 81.4 cm³/mol. The fourth-order valence-corrected chi connectivity index (χ4v) is 3.56. The van der Waals surface area contributed by atoms with E-state index < -0.39 is 0 Å². The van der Waals surface area contributed by atoms with Crippen LogP contribution >= 0.6 is 0 Å². The standard InChI is InChI=1S/C18H23N/c1-13(14-7-5-4-6-8-14)19-12-15-9-10-16-11-17(15)18(16,2)3/h4-9,12-13,16-17H,10-11H2,1-3H3. The molecule has 0 aromatic heterocycles. The van der Waals surface area contributed by atoms with Gasteiger partial charge in [-0.05, 0) is 48.2 Å². The number of allylic oxidation sites excluding steroid dienone is 2. The number of rotatable bonds is 3. The van der Waals surface area contributed by atoms with Crippen LogP contribution in [0.1, 0.15) is 45.2 Å². The van der Waals surface area contributed by atoms with E-state index in [2.05, 4.69) is 63.4 Å². The van der Waals surface area contributed by atoms with Crippen molar-refractivity contribution in [3.63, 3.8) is 0 Å². The van der Waals surface area contributed by atoms with Crippen LogP contribution in [-0.2, 0) is 0 Å². The highest BCUT2D eigenvalue weighted by molar-refractivity contribution is 5.80. The van der Waals surface area contributed by atoms with E-state index in [1.807, 2.05) is 0 Å². The lowest BCUT2D eigenvalue weighted by Gasteiger charge is -2.55. The highest BCUT2D eigenvalue weighted by Gasteiger charge is 2.50. The van der Waals surface area contributed by atoms with E-state index in [1.165, 1.54) is 24.0 Å². The van der Waals surface area contributed by atoms with Gasteiger partial charge < -0.3 is 0 Å². The molecule has 3 aliphatic rings. The molecule has 1 nitrogen and oxygen atoms in total. The van der Waals surface area contributed by atoms with E-state index in [9.17, 15) is 0 Å². The van der Waals surface area contributed by atoms with Crippen LogP contribution in [0, 0.1) is 17.3 Å². The monoisotopic (exact) mass is 253 g/mol. The molecule has 0 spiro atoms. The Morgan fingerprint density at radius 1 is 1.26 bits per heavy atom. The average Bonchev–Trinajstić information content (AvgIpc) is 2.45. The van der Waals surface area contributed by atoms with Gasteiger partial charge in [0.15, 0.2) is 0 Å². The van der Waals surface area contributed by atoms with Crippen LogP contribution in [0.5, 0.6) is 0 Å². The number of nitrogens with zero attached hydrogens (tertiary/aromatic N) is 1. The molecule has 1 aromatic rings. The summed E-state index contributed by atoms with van der Waals surface area (Å²) in [5.41, 5.74) is 3.25. The van der Waals surface area contributed by atoms with Gasteiger partial charge in [0.05, 0.1) is 6.04 Å². The molecule has 3 aliphatic carbocycles. The van der Waals surface area contributed by atoms with E-state index in [1.54, 1.807) is 0 Å². The Bertz CT molecular complexity index is 510. The molecule has 1 aromatic carbocycles. The second kappa shape index (κ2) is 4.63. The topological polar surface area (TPSA) is 12.4 Å². The molecule has 4 rings (SSSR count). The zero-order valence-electron chi connectivity index (χ0n) is 12.1. The molecular formula is C18H23N. The maximum atomic E-state index is 4.77. The first kappa shape index (κ1) is 12.7. The largest absolute Gasteiger partial charge is 0.285 e. The summed E-state index contributed by atoms with van der Waals surface area (Å²) in [6, 6.07) is 10.8. The lowest BCUT2D eigenvalue weighted by atomic mass is 9.49. The number of hydrogen-bond donors (Lipinski definition) is 0. The van der Waals surface area contributed by atoms with Crippen molar-refractivity contribution in [2.45, 2.75) is 39.7 Å². The summed E-state index contributed by atoms with van der Waals surface area (Å²) in [6.45, 7) is 6.99. The highest BCUT2D eigenvalue weighted by atomic mass is 14.8. The maximum Gasteiger partial charge on any atom is 0.0720 e. The highest BCUT2D eigenvalue weighted by Crippen LogP contribution is 2.58. The third-order valence-electron chi connectivity index (χ3n) is 5.24. The van der Waals surface area contributed by atoms with Gasteiger partial charge in [-0.2, -0.15) is 0 Å². The minimum Gasteiger partial charge on any atom is -0.285 e. The average molecular weight is 253 g/mol. The van der Waals surface area contributed by atoms with Gasteiger partial charge in [0, 0.05) is 6.21 Å². The molecule has 19 heavy (non-hydrogen) atoms. The lowest BCUT2D eigenvalue weighted by molar-refractivity contribution is -0.00126. The fourth-order valence-electron chi connectivity index (χ4n) is 3.56. The lowest BCUT2D eigenvalue weighted by Crippen LogP contribution is -2.48. The summed E-state index contributed by atoms with van der Waals surface area (Å²) < 4.78 is 0. The first-order valence-electron chi connectivity index (χ1n) is 7.37. The molecule has 1 fully saturated rings. The number of aliphatic imine (C=N–C) groups is 1. The van der Waals surface area contributed by atoms with Crippen LogP contribution in [0.15, 0.2) is 47.0 Å². The van der Waals surface area contributed by atoms with Gasteiger partial charge >= 0.3 is 0 Å². The van der Waals surface area contributed by atoms with Gasteiger partial charge in [0.2, 0.25) is 0 Å². The third kappa shape index (κ3) is 2.16. The SMILES string of the molecule is CC(N=CC1=CCC2CC1C2(C)C)c1ccccc1. The second-order valence-corrected chi connectivity index (χ2v) is 6.61. The molecule has 0 aliphatic heterocycles. The van der Waals surface area contributed by atoms with Crippen LogP contribution in [-0.4, -0.2) is 6.21 Å². The summed E-state index contributed by atoms with van der Waals surface area (Å²) in [7, 11) is 0. The van der Waals surface area contributed by atoms with Gasteiger partial charge in [-0.1, -0.05) is 50.3 Å². The van der Waals surface area contributed by atoms with Crippen molar-refractivity contribution in [3.8, 4) is 0 Å². The van der Waals surface area contributed by atoms with Crippen molar-refractivity contribution in [2.75, 3.05) is 0 Å². The Morgan fingerprint density at radius 3 is 2.63 bits per heavy atom. The molecule has 1 saturated carbocycles. The molecule has 0 heterocycles. The molecule has 3 unspecified atom stereocenters. The van der Waals surface area contributed by atoms with Crippen LogP contribution < -0.4 is 0 Å². The van der Waals surface area contributed by atoms with Gasteiger partial charge in [-0.15, -0.1) is 0 Å². The predicted octanol–water partition coefficient (Wildman–Crippen LogP) is 4.81. The van der Waals surface area contributed by atoms with Crippen molar-refractivity contribution in [3.05, 3.63) is 47.5 Å². The zero-order valence-corrected chi connectivity index (χ0v) is 12.1. The number of benzene rings is 1. The summed E-state index contributed by atoms with van der Waals surface area (Å²) >= 11 is 0. The Kier molecular flexibility index (Phi) is 3.08. The summed E-state index contributed by atoms with van der Waals surface area (Å²) in [5.74, 6) is 1.64. The van der Waals surface area contributed by atoms with Crippen molar-refractivity contribution < 1.29 is 0 Å². The molecule has 0 radical (unpaired) electrons. The van der Waals surface area contributed by atoms with Crippen molar-refractivity contribution in [2.24, 2.45) is 22.2 Å². The van der Waals surface area contributed by atoms with Gasteiger partial charge in [-0.25, -0.2) is 0 Å². The smallest absolute Gasteiger partial charge is 0.0720 e. The summed E-state index contributed by atoms with van der Waals surface area (Å²) in [5, 5.41) is 0. The van der Waals surface area contributed by atoms with Gasteiger partial charge in [0.25, 0.3) is 0 Å². The van der Waals surface area contributed by atoms with E-state index in [4.69, 9.17) is 4.99 Å². The van der Waals surface area contributed by atoms with Crippen molar-refractivity contribution in [1.29, 1.82) is 0 Å². The summed E-state index contributed by atoms with van der Waals surface area (Å²) in [6.07, 6.45) is 7.15. The van der Waals surface area contributed by atoms with E-state index in [-0.39, 0.29) is 6.04 Å². The fraction of sp³-hybridized carbons (Fsp3) is 0.500. The zero-order chi connectivity index (χ0) is 13.5. The quantitative estimate of drug-likeness (QED) is 0.685. The molecule has 1 heteroatoms. The summed E-state index contributed by atoms with van der Waals surface area (Å²) in [4.78, 5) is 4.77. The maximum absolute atomic E-state index is 4.77.